The highest BCUT2D eigenvalue weighted by Crippen LogP contribution is 2.33. The summed E-state index contributed by atoms with van der Waals surface area (Å²) < 4.78 is 26.1. The molecule has 0 saturated carbocycles. The lowest BCUT2D eigenvalue weighted by Gasteiger charge is -2.38. The van der Waals surface area contributed by atoms with Crippen molar-refractivity contribution >= 4 is 39.2 Å². The predicted octanol–water partition coefficient (Wildman–Crippen LogP) is 3.16. The van der Waals surface area contributed by atoms with Crippen LogP contribution in [0.2, 0.25) is 5.02 Å². The second kappa shape index (κ2) is 8.57. The zero-order chi connectivity index (χ0) is 22.1. The average molecular weight is 448 g/mol. The van der Waals surface area contributed by atoms with Crippen LogP contribution in [0.3, 0.4) is 0 Å². The van der Waals surface area contributed by atoms with Gasteiger partial charge in [-0.15, -0.1) is 0 Å². The normalized spacial score (nSPS) is 18.6. The first-order valence-electron chi connectivity index (χ1n) is 9.24. The number of imide groups is 1. The number of carbonyl (C=O) groups excluding carboxylic acids is 2. The number of urea groups is 1. The van der Waals surface area contributed by atoms with Crippen LogP contribution in [-0.4, -0.2) is 55.8 Å². The van der Waals surface area contributed by atoms with Gasteiger partial charge in [0.25, 0.3) is 0 Å². The summed E-state index contributed by atoms with van der Waals surface area (Å²) in [5.74, 6) is -3.24. The molecule has 1 aliphatic rings. The summed E-state index contributed by atoms with van der Waals surface area (Å²) in [6, 6.07) is 14.7. The lowest BCUT2D eigenvalue weighted by molar-refractivity contribution is -0.131. The van der Waals surface area contributed by atoms with Crippen molar-refractivity contribution in [2.24, 2.45) is 5.92 Å². The van der Waals surface area contributed by atoms with Gasteiger partial charge in [0, 0.05) is 25.0 Å². The fraction of sp³-hybridized carbons (Fsp3) is 0.286. The Morgan fingerprint density at radius 1 is 1.00 bits per heavy atom. The molecule has 2 atom stereocenters. The van der Waals surface area contributed by atoms with Crippen LogP contribution in [0.25, 0.3) is 0 Å². The maximum atomic E-state index is 13.0. The van der Waals surface area contributed by atoms with E-state index in [1.54, 1.807) is 54.6 Å². The molecule has 2 aromatic carbocycles. The third-order valence-electron chi connectivity index (χ3n) is 5.19. The summed E-state index contributed by atoms with van der Waals surface area (Å²) in [7, 11) is -0.908. The summed E-state index contributed by atoms with van der Waals surface area (Å²) >= 11 is 5.87. The zero-order valence-electron chi connectivity index (χ0n) is 16.6. The van der Waals surface area contributed by atoms with Gasteiger partial charge >= 0.3 is 6.03 Å². The first-order valence-corrected chi connectivity index (χ1v) is 11.4. The minimum absolute atomic E-state index is 0.210. The molecule has 0 aromatic heterocycles. The van der Waals surface area contributed by atoms with Gasteiger partial charge in [0.2, 0.25) is 5.91 Å². The SMILES string of the molecule is CN1C(=N)C(C(CS(=O)(=O)Cc2ccc(Cl)cc2)c2ccccc2)C(=O)N(C)C1=O. The molecule has 1 saturated heterocycles. The van der Waals surface area contributed by atoms with Gasteiger partial charge in [-0.3, -0.25) is 20.0 Å². The number of sulfone groups is 1. The average Bonchev–Trinajstić information content (AvgIpc) is 2.72. The second-order valence-electron chi connectivity index (χ2n) is 7.30. The smallest absolute Gasteiger partial charge is 0.287 e. The number of rotatable bonds is 6. The Kier molecular flexibility index (Phi) is 6.28. The van der Waals surface area contributed by atoms with Gasteiger partial charge in [0.05, 0.1) is 11.5 Å². The van der Waals surface area contributed by atoms with Crippen LogP contribution in [0, 0.1) is 11.3 Å². The molecule has 3 amide bonds. The Labute approximate surface area is 180 Å². The third-order valence-corrected chi connectivity index (χ3v) is 7.08. The Morgan fingerprint density at radius 3 is 2.20 bits per heavy atom. The van der Waals surface area contributed by atoms with Crippen LogP contribution >= 0.6 is 11.6 Å². The van der Waals surface area contributed by atoms with Crippen molar-refractivity contribution in [3.8, 4) is 0 Å². The lowest BCUT2D eigenvalue weighted by atomic mass is 9.84. The molecule has 9 heteroatoms. The molecule has 1 heterocycles. The second-order valence-corrected chi connectivity index (χ2v) is 9.85. The van der Waals surface area contributed by atoms with Crippen LogP contribution in [0.5, 0.6) is 0 Å². The Morgan fingerprint density at radius 2 is 1.60 bits per heavy atom. The van der Waals surface area contributed by atoms with E-state index < -0.39 is 33.6 Å². The van der Waals surface area contributed by atoms with Crippen LogP contribution in [0.4, 0.5) is 4.79 Å². The predicted molar refractivity (Wildman–Crippen MR) is 115 cm³/mol. The van der Waals surface area contributed by atoms with Crippen molar-refractivity contribution in [1.82, 2.24) is 9.80 Å². The highest BCUT2D eigenvalue weighted by atomic mass is 35.5. The molecule has 0 aliphatic carbocycles. The molecule has 0 bridgehead atoms. The van der Waals surface area contributed by atoms with Crippen LogP contribution in [0.15, 0.2) is 54.6 Å². The summed E-state index contributed by atoms with van der Waals surface area (Å²) in [5.41, 5.74) is 1.21. The number of amidine groups is 1. The number of carbonyl (C=O) groups is 2. The van der Waals surface area contributed by atoms with Gasteiger partial charge < -0.3 is 0 Å². The number of benzene rings is 2. The van der Waals surface area contributed by atoms with Crippen LogP contribution < -0.4 is 0 Å². The fourth-order valence-corrected chi connectivity index (χ4v) is 5.45. The van der Waals surface area contributed by atoms with E-state index in [2.05, 4.69) is 0 Å². The van der Waals surface area contributed by atoms with Crippen molar-refractivity contribution in [2.75, 3.05) is 19.8 Å². The van der Waals surface area contributed by atoms with E-state index in [9.17, 15) is 18.0 Å². The summed E-state index contributed by atoms with van der Waals surface area (Å²) in [4.78, 5) is 27.1. The molecular formula is C21H22ClN3O4S. The molecule has 3 rings (SSSR count). The van der Waals surface area contributed by atoms with Gasteiger partial charge in [-0.2, -0.15) is 0 Å². The van der Waals surface area contributed by atoms with Crippen LogP contribution in [-0.2, 0) is 20.4 Å². The Bertz CT molecular complexity index is 1050. The van der Waals surface area contributed by atoms with Gasteiger partial charge in [-0.25, -0.2) is 13.2 Å². The molecule has 1 aliphatic heterocycles. The first kappa shape index (κ1) is 22.0. The molecule has 30 heavy (non-hydrogen) atoms. The summed E-state index contributed by atoms with van der Waals surface area (Å²) in [6.45, 7) is 0. The van der Waals surface area contributed by atoms with Crippen molar-refractivity contribution < 1.29 is 18.0 Å². The van der Waals surface area contributed by atoms with E-state index in [0.717, 1.165) is 9.80 Å². The summed E-state index contributed by atoms with van der Waals surface area (Å²) in [6.07, 6.45) is 0. The van der Waals surface area contributed by atoms with Crippen molar-refractivity contribution in [1.29, 1.82) is 5.41 Å². The number of hydrogen-bond acceptors (Lipinski definition) is 5. The molecule has 2 unspecified atom stereocenters. The number of nitrogens with zero attached hydrogens (tertiary/aromatic N) is 2. The van der Waals surface area contributed by atoms with Crippen molar-refractivity contribution in [3.05, 3.63) is 70.7 Å². The molecule has 1 N–H and O–H groups in total. The van der Waals surface area contributed by atoms with Crippen molar-refractivity contribution in [2.45, 2.75) is 11.7 Å². The molecule has 1 fully saturated rings. The van der Waals surface area contributed by atoms with E-state index in [-0.39, 0.29) is 17.3 Å². The maximum Gasteiger partial charge on any atom is 0.331 e. The van der Waals surface area contributed by atoms with Crippen LogP contribution in [0.1, 0.15) is 17.0 Å². The molecular weight excluding hydrogens is 426 g/mol. The first-order chi connectivity index (χ1) is 14.1. The standard InChI is InChI=1S/C21H22ClN3O4S/c1-24-19(23)18(20(26)25(2)21(24)27)17(15-6-4-3-5-7-15)13-30(28,29)12-14-8-10-16(22)11-9-14/h3-11,17-18,23H,12-13H2,1-2H3. The van der Waals surface area contributed by atoms with Gasteiger partial charge in [0.1, 0.15) is 11.8 Å². The summed E-state index contributed by atoms with van der Waals surface area (Å²) in [5, 5.41) is 8.89. The van der Waals surface area contributed by atoms with Gasteiger partial charge in [0.15, 0.2) is 9.84 Å². The number of amides is 3. The Hall–Kier alpha value is -2.71. The number of halogens is 1. The topological polar surface area (TPSA) is 98.6 Å². The molecule has 2 aromatic rings. The molecule has 0 radical (unpaired) electrons. The largest absolute Gasteiger partial charge is 0.331 e. The minimum Gasteiger partial charge on any atom is -0.287 e. The number of hydrogen-bond donors (Lipinski definition) is 1. The highest BCUT2D eigenvalue weighted by Gasteiger charge is 2.45. The van der Waals surface area contributed by atoms with E-state index in [1.165, 1.54) is 14.1 Å². The Balaban J connectivity index is 1.97. The zero-order valence-corrected chi connectivity index (χ0v) is 18.2. The van der Waals surface area contributed by atoms with E-state index in [4.69, 9.17) is 17.0 Å². The highest BCUT2D eigenvalue weighted by molar-refractivity contribution is 7.90. The van der Waals surface area contributed by atoms with E-state index in [1.807, 2.05) is 0 Å². The quantitative estimate of drug-likeness (QED) is 0.735. The van der Waals surface area contributed by atoms with Gasteiger partial charge in [-0.05, 0) is 23.3 Å². The molecule has 158 valence electrons. The van der Waals surface area contributed by atoms with E-state index in [0.29, 0.717) is 16.1 Å². The fourth-order valence-electron chi connectivity index (χ4n) is 3.57. The lowest BCUT2D eigenvalue weighted by Crippen LogP contribution is -2.58. The van der Waals surface area contributed by atoms with Crippen molar-refractivity contribution in [3.63, 3.8) is 0 Å². The molecule has 0 spiro atoms. The molecule has 7 nitrogen and oxygen atoms in total. The van der Waals surface area contributed by atoms with E-state index >= 15 is 0 Å². The van der Waals surface area contributed by atoms with Gasteiger partial charge in [-0.1, -0.05) is 54.1 Å². The monoisotopic (exact) mass is 447 g/mol. The third kappa shape index (κ3) is 4.55. The maximum absolute atomic E-state index is 13.0. The minimum atomic E-state index is -3.65. The number of nitrogens with one attached hydrogen (secondary N) is 1.